The molecule has 0 fully saturated rings. The molecule has 0 bridgehead atoms. The molecule has 1 aromatic carbocycles. The number of thioether (sulfide) groups is 1. The molecule has 29 heavy (non-hydrogen) atoms. The quantitative estimate of drug-likeness (QED) is 0.407. The van der Waals surface area contributed by atoms with E-state index in [9.17, 15) is 9.18 Å². The molecule has 5 nitrogen and oxygen atoms in total. The zero-order chi connectivity index (χ0) is 20.4. The lowest BCUT2D eigenvalue weighted by Gasteiger charge is -2.13. The molecule has 1 aliphatic carbocycles. The minimum absolute atomic E-state index is 0.00913. The van der Waals surface area contributed by atoms with Gasteiger partial charge in [0.25, 0.3) is 5.56 Å². The number of hydrogen-bond acceptors (Lipinski definition) is 6. The number of aromatic nitrogens is 2. The van der Waals surface area contributed by atoms with E-state index in [0.29, 0.717) is 24.1 Å². The van der Waals surface area contributed by atoms with Crippen LogP contribution in [0, 0.1) is 5.82 Å². The van der Waals surface area contributed by atoms with E-state index in [1.54, 1.807) is 29.1 Å². The van der Waals surface area contributed by atoms with E-state index in [2.05, 4.69) is 0 Å². The fraction of sp³-hybridized carbons (Fsp3) is 0.429. The fourth-order valence-electron chi connectivity index (χ4n) is 3.66. The van der Waals surface area contributed by atoms with Crippen molar-refractivity contribution in [1.29, 1.82) is 0 Å². The molecule has 0 unspecified atom stereocenters. The van der Waals surface area contributed by atoms with Gasteiger partial charge in [0.15, 0.2) is 16.7 Å². The van der Waals surface area contributed by atoms with E-state index in [-0.39, 0.29) is 11.3 Å². The molecule has 154 valence electrons. The number of hydrogen-bond donors (Lipinski definition) is 0. The molecule has 4 rings (SSSR count). The van der Waals surface area contributed by atoms with Gasteiger partial charge >= 0.3 is 0 Å². The summed E-state index contributed by atoms with van der Waals surface area (Å²) < 4.78 is 25.9. The topological polar surface area (TPSA) is 53.4 Å². The Morgan fingerprint density at radius 1 is 1.28 bits per heavy atom. The highest BCUT2D eigenvalue weighted by atomic mass is 32.2. The first-order valence-electron chi connectivity index (χ1n) is 9.61. The monoisotopic (exact) mass is 434 g/mol. The number of nitrogens with zero attached hydrogens (tertiary/aromatic N) is 2. The molecule has 0 amide bonds. The van der Waals surface area contributed by atoms with Crippen molar-refractivity contribution in [2.24, 2.45) is 0 Å². The highest BCUT2D eigenvalue weighted by molar-refractivity contribution is 7.98. The van der Waals surface area contributed by atoms with Gasteiger partial charge in [-0.15, -0.1) is 11.3 Å². The third-order valence-electron chi connectivity index (χ3n) is 5.14. The summed E-state index contributed by atoms with van der Waals surface area (Å²) in [6.07, 6.45) is 4.27. The van der Waals surface area contributed by atoms with Crippen LogP contribution in [0.3, 0.4) is 0 Å². The number of ether oxygens (including phenoxy) is 2. The van der Waals surface area contributed by atoms with Crippen molar-refractivity contribution in [2.75, 3.05) is 20.8 Å². The third kappa shape index (κ3) is 4.06. The van der Waals surface area contributed by atoms with Gasteiger partial charge in [0, 0.05) is 17.7 Å². The minimum atomic E-state index is -0.392. The van der Waals surface area contributed by atoms with Crippen LogP contribution in [0.2, 0.25) is 0 Å². The Kier molecular flexibility index (Phi) is 6.22. The molecule has 2 aromatic heterocycles. The second-order valence-corrected chi connectivity index (χ2v) is 9.02. The van der Waals surface area contributed by atoms with Crippen LogP contribution >= 0.6 is 23.1 Å². The van der Waals surface area contributed by atoms with Crippen molar-refractivity contribution in [3.05, 3.63) is 50.4 Å². The molecule has 0 saturated heterocycles. The molecule has 0 atom stereocenters. The van der Waals surface area contributed by atoms with Gasteiger partial charge in [-0.1, -0.05) is 17.8 Å². The molecule has 8 heteroatoms. The molecule has 3 aromatic rings. The Morgan fingerprint density at radius 3 is 2.86 bits per heavy atom. The van der Waals surface area contributed by atoms with Crippen LogP contribution in [-0.2, 0) is 29.9 Å². The maximum atomic E-state index is 14.0. The molecule has 1 aliphatic rings. The van der Waals surface area contributed by atoms with E-state index >= 15 is 0 Å². The molecule has 0 radical (unpaired) electrons. The summed E-state index contributed by atoms with van der Waals surface area (Å²) in [4.78, 5) is 20.3. The molecule has 0 aliphatic heterocycles. The Hall–Kier alpha value is -1.90. The van der Waals surface area contributed by atoms with E-state index in [1.165, 1.54) is 41.8 Å². The van der Waals surface area contributed by atoms with Crippen LogP contribution in [0.15, 0.2) is 28.2 Å². The maximum absolute atomic E-state index is 14.0. The third-order valence-corrected chi connectivity index (χ3v) is 7.38. The number of methoxy groups -OCH3 is 2. The summed E-state index contributed by atoms with van der Waals surface area (Å²) in [5.41, 5.74) is 2.01. The van der Waals surface area contributed by atoms with Crippen molar-refractivity contribution in [3.8, 4) is 5.75 Å². The van der Waals surface area contributed by atoms with Crippen molar-refractivity contribution in [2.45, 2.75) is 43.1 Å². The first kappa shape index (κ1) is 20.4. The lowest BCUT2D eigenvalue weighted by molar-refractivity contribution is 0.183. The van der Waals surface area contributed by atoms with E-state index < -0.39 is 5.82 Å². The van der Waals surface area contributed by atoms with Gasteiger partial charge in [-0.3, -0.25) is 9.36 Å². The SMILES string of the molecule is COCCn1c(SCc2ccc(OC)c(F)c2)nc2sc3c(c2c1=O)CCCC3. The number of rotatable bonds is 7. The molecular weight excluding hydrogens is 411 g/mol. The zero-order valence-electron chi connectivity index (χ0n) is 16.5. The van der Waals surface area contributed by atoms with Crippen LogP contribution in [-0.4, -0.2) is 30.4 Å². The zero-order valence-corrected chi connectivity index (χ0v) is 18.1. The van der Waals surface area contributed by atoms with Gasteiger partial charge in [-0.25, -0.2) is 9.37 Å². The second-order valence-electron chi connectivity index (χ2n) is 6.99. The number of thiophene rings is 1. The number of halogens is 1. The second kappa shape index (κ2) is 8.85. The summed E-state index contributed by atoms with van der Waals surface area (Å²) in [5, 5.41) is 1.43. The highest BCUT2D eigenvalue weighted by Crippen LogP contribution is 2.35. The van der Waals surface area contributed by atoms with Crippen molar-refractivity contribution in [1.82, 2.24) is 9.55 Å². The number of benzene rings is 1. The number of fused-ring (bicyclic) bond motifs is 3. The Labute approximate surface area is 176 Å². The smallest absolute Gasteiger partial charge is 0.263 e. The molecule has 0 spiro atoms. The standard InChI is InChI=1S/C21H23FN2O3S2/c1-26-10-9-24-20(25)18-14-5-3-4-6-17(14)29-19(18)23-21(24)28-12-13-7-8-16(27-2)15(22)11-13/h7-8,11H,3-6,9-10,12H2,1-2H3. The average molecular weight is 435 g/mol. The van der Waals surface area contributed by atoms with Gasteiger partial charge < -0.3 is 9.47 Å². The van der Waals surface area contributed by atoms with Gasteiger partial charge in [-0.2, -0.15) is 0 Å². The Balaban J connectivity index is 1.70. The lowest BCUT2D eigenvalue weighted by atomic mass is 9.97. The molecule has 0 saturated carbocycles. The Morgan fingerprint density at radius 2 is 2.10 bits per heavy atom. The van der Waals surface area contributed by atoms with E-state index in [0.717, 1.165) is 35.0 Å². The summed E-state index contributed by atoms with van der Waals surface area (Å²) >= 11 is 3.09. The summed E-state index contributed by atoms with van der Waals surface area (Å²) in [6, 6.07) is 4.91. The van der Waals surface area contributed by atoms with Crippen LogP contribution in [0.25, 0.3) is 10.2 Å². The maximum Gasteiger partial charge on any atom is 0.263 e. The first-order chi connectivity index (χ1) is 14.1. The molecule has 0 N–H and O–H groups in total. The van der Waals surface area contributed by atoms with E-state index in [4.69, 9.17) is 14.5 Å². The molecular formula is C21H23FN2O3S2. The minimum Gasteiger partial charge on any atom is -0.494 e. The van der Waals surface area contributed by atoms with Crippen molar-refractivity contribution in [3.63, 3.8) is 0 Å². The normalized spacial score (nSPS) is 13.6. The lowest BCUT2D eigenvalue weighted by Crippen LogP contribution is -2.25. The van der Waals surface area contributed by atoms with Gasteiger partial charge in [0.2, 0.25) is 0 Å². The van der Waals surface area contributed by atoms with Crippen LogP contribution < -0.4 is 10.3 Å². The van der Waals surface area contributed by atoms with Crippen LogP contribution in [0.4, 0.5) is 4.39 Å². The van der Waals surface area contributed by atoms with E-state index in [1.807, 2.05) is 6.07 Å². The molecule has 2 heterocycles. The highest BCUT2D eigenvalue weighted by Gasteiger charge is 2.22. The van der Waals surface area contributed by atoms with Crippen molar-refractivity contribution >= 4 is 33.3 Å². The summed E-state index contributed by atoms with van der Waals surface area (Å²) in [7, 11) is 3.07. The van der Waals surface area contributed by atoms with Crippen molar-refractivity contribution < 1.29 is 13.9 Å². The summed E-state index contributed by atoms with van der Waals surface area (Å²) in [5.74, 6) is 0.341. The van der Waals surface area contributed by atoms with Gasteiger partial charge in [-0.05, 0) is 48.9 Å². The first-order valence-corrected chi connectivity index (χ1v) is 11.4. The van der Waals surface area contributed by atoms with Gasteiger partial charge in [0.05, 0.1) is 25.6 Å². The predicted octanol–water partition coefficient (Wildman–Crippen LogP) is 4.42. The van der Waals surface area contributed by atoms with Crippen LogP contribution in [0.5, 0.6) is 5.75 Å². The summed E-state index contributed by atoms with van der Waals surface area (Å²) in [6.45, 7) is 0.881. The number of aryl methyl sites for hydroxylation is 2. The fourth-order valence-corrected chi connectivity index (χ4v) is 5.93. The largest absolute Gasteiger partial charge is 0.494 e. The Bertz CT molecular complexity index is 1090. The van der Waals surface area contributed by atoms with Gasteiger partial charge in [0.1, 0.15) is 4.83 Å². The van der Waals surface area contributed by atoms with Crippen LogP contribution in [0.1, 0.15) is 28.8 Å². The predicted molar refractivity (Wildman–Crippen MR) is 115 cm³/mol. The average Bonchev–Trinajstić information content (AvgIpc) is 3.10.